The number of hydrogen-bond acceptors (Lipinski definition) is 4. The minimum atomic E-state index is -0.0479. The molecule has 1 N–H and O–H groups in total. The van der Waals surface area contributed by atoms with Gasteiger partial charge in [-0.2, -0.15) is 4.98 Å². The van der Waals surface area contributed by atoms with E-state index in [-0.39, 0.29) is 11.9 Å². The molecule has 1 atom stereocenters. The van der Waals surface area contributed by atoms with Crippen molar-refractivity contribution in [3.63, 3.8) is 0 Å². The normalized spacial score (nSPS) is 12.0. The van der Waals surface area contributed by atoms with Gasteiger partial charge in [-0.25, -0.2) is 0 Å². The van der Waals surface area contributed by atoms with Crippen molar-refractivity contribution in [2.24, 2.45) is 0 Å². The van der Waals surface area contributed by atoms with Crippen LogP contribution in [0.5, 0.6) is 0 Å². The van der Waals surface area contributed by atoms with Crippen LogP contribution in [-0.4, -0.2) is 16.0 Å². The summed E-state index contributed by atoms with van der Waals surface area (Å²) in [6.07, 6.45) is 1.69. The minimum absolute atomic E-state index is 0.0456. The van der Waals surface area contributed by atoms with Crippen molar-refractivity contribution in [2.45, 2.75) is 39.2 Å². The molecule has 0 fully saturated rings. The molecule has 5 nitrogen and oxygen atoms in total. The number of halogens is 1. The van der Waals surface area contributed by atoms with Crippen LogP contribution in [0.15, 0.2) is 53.1 Å². The molecule has 0 saturated heterocycles. The minimum Gasteiger partial charge on any atom is -0.350 e. The van der Waals surface area contributed by atoms with Crippen molar-refractivity contribution in [3.8, 4) is 11.4 Å². The SMILES string of the molecule is CCc1ccc(C(C)NC(=O)CCc2nc(-c3ccc(Cl)cc3)no2)cc1. The Morgan fingerprint density at radius 2 is 1.85 bits per heavy atom. The van der Waals surface area contributed by atoms with E-state index in [4.69, 9.17) is 16.1 Å². The second-order valence-electron chi connectivity index (χ2n) is 6.40. The standard InChI is InChI=1S/C21H22ClN3O2/c1-3-15-4-6-16(7-5-15)14(2)23-19(26)12-13-20-24-21(25-27-20)17-8-10-18(22)11-9-17/h4-11,14H,3,12-13H2,1-2H3,(H,23,26). The van der Waals surface area contributed by atoms with E-state index in [9.17, 15) is 4.79 Å². The van der Waals surface area contributed by atoms with Gasteiger partial charge in [-0.1, -0.05) is 47.9 Å². The molecule has 0 radical (unpaired) electrons. The molecular weight excluding hydrogens is 362 g/mol. The molecule has 0 spiro atoms. The summed E-state index contributed by atoms with van der Waals surface area (Å²) in [5, 5.41) is 7.61. The molecule has 1 aromatic heterocycles. The third kappa shape index (κ3) is 5.17. The molecule has 0 aliphatic rings. The Morgan fingerprint density at radius 3 is 2.52 bits per heavy atom. The first kappa shape index (κ1) is 19.1. The van der Waals surface area contributed by atoms with Crippen LogP contribution < -0.4 is 5.32 Å². The summed E-state index contributed by atoms with van der Waals surface area (Å²) in [4.78, 5) is 16.6. The topological polar surface area (TPSA) is 68.0 Å². The van der Waals surface area contributed by atoms with Crippen LogP contribution in [0.2, 0.25) is 5.02 Å². The average molecular weight is 384 g/mol. The third-order valence-corrected chi connectivity index (χ3v) is 4.65. The summed E-state index contributed by atoms with van der Waals surface area (Å²) >= 11 is 5.88. The molecule has 3 rings (SSSR count). The van der Waals surface area contributed by atoms with Gasteiger partial charge in [0, 0.05) is 23.4 Å². The Kier molecular flexibility index (Phi) is 6.24. The van der Waals surface area contributed by atoms with Gasteiger partial charge >= 0.3 is 0 Å². The van der Waals surface area contributed by atoms with Gasteiger partial charge < -0.3 is 9.84 Å². The monoisotopic (exact) mass is 383 g/mol. The van der Waals surface area contributed by atoms with Crippen LogP contribution in [0.25, 0.3) is 11.4 Å². The number of benzene rings is 2. The zero-order valence-corrected chi connectivity index (χ0v) is 16.2. The van der Waals surface area contributed by atoms with Crippen LogP contribution in [0, 0.1) is 0 Å². The van der Waals surface area contributed by atoms with Crippen LogP contribution in [-0.2, 0) is 17.6 Å². The largest absolute Gasteiger partial charge is 0.350 e. The van der Waals surface area contributed by atoms with E-state index in [2.05, 4.69) is 46.6 Å². The van der Waals surface area contributed by atoms with Gasteiger partial charge in [0.2, 0.25) is 17.6 Å². The lowest BCUT2D eigenvalue weighted by Gasteiger charge is -2.14. The first-order chi connectivity index (χ1) is 13.0. The summed E-state index contributed by atoms with van der Waals surface area (Å²) in [7, 11) is 0. The Balaban J connectivity index is 1.52. The maximum atomic E-state index is 12.2. The average Bonchev–Trinajstić information content (AvgIpc) is 3.16. The quantitative estimate of drug-likeness (QED) is 0.638. The lowest BCUT2D eigenvalue weighted by atomic mass is 10.0. The number of nitrogens with one attached hydrogen (secondary N) is 1. The van der Waals surface area contributed by atoms with Crippen molar-refractivity contribution in [2.75, 3.05) is 0 Å². The molecule has 1 unspecified atom stereocenters. The molecule has 0 bridgehead atoms. The molecule has 1 amide bonds. The molecular formula is C21H22ClN3O2. The van der Waals surface area contributed by atoms with Crippen LogP contribution >= 0.6 is 11.6 Å². The van der Waals surface area contributed by atoms with E-state index in [0.29, 0.717) is 29.6 Å². The van der Waals surface area contributed by atoms with Crippen molar-refractivity contribution in [1.82, 2.24) is 15.5 Å². The van der Waals surface area contributed by atoms with Gasteiger partial charge in [0.1, 0.15) is 0 Å². The van der Waals surface area contributed by atoms with E-state index in [1.165, 1.54) is 5.56 Å². The second kappa shape index (κ2) is 8.82. The van der Waals surface area contributed by atoms with Crippen molar-refractivity contribution < 1.29 is 9.32 Å². The smallest absolute Gasteiger partial charge is 0.227 e. The predicted octanol–water partition coefficient (Wildman–Crippen LogP) is 4.76. The van der Waals surface area contributed by atoms with Gasteiger partial charge in [-0.3, -0.25) is 4.79 Å². The predicted molar refractivity (Wildman–Crippen MR) is 105 cm³/mol. The number of aryl methyl sites for hydroxylation is 2. The fourth-order valence-electron chi connectivity index (χ4n) is 2.73. The van der Waals surface area contributed by atoms with Gasteiger partial charge in [-0.05, 0) is 48.7 Å². The van der Waals surface area contributed by atoms with Crippen LogP contribution in [0.3, 0.4) is 0 Å². The Bertz CT molecular complexity index is 889. The Hall–Kier alpha value is -2.66. The summed E-state index contributed by atoms with van der Waals surface area (Å²) in [6.45, 7) is 4.10. The Morgan fingerprint density at radius 1 is 1.15 bits per heavy atom. The maximum Gasteiger partial charge on any atom is 0.227 e. The van der Waals surface area contributed by atoms with Crippen molar-refractivity contribution in [1.29, 1.82) is 0 Å². The molecule has 3 aromatic rings. The maximum absolute atomic E-state index is 12.2. The molecule has 0 aliphatic heterocycles. The van der Waals surface area contributed by atoms with Crippen LogP contribution in [0.4, 0.5) is 0 Å². The molecule has 1 heterocycles. The Labute approximate surface area is 163 Å². The molecule has 2 aromatic carbocycles. The fraction of sp³-hybridized carbons (Fsp3) is 0.286. The third-order valence-electron chi connectivity index (χ3n) is 4.40. The highest BCUT2D eigenvalue weighted by molar-refractivity contribution is 6.30. The first-order valence-corrected chi connectivity index (χ1v) is 9.39. The zero-order chi connectivity index (χ0) is 19.2. The number of hydrogen-bond donors (Lipinski definition) is 1. The summed E-state index contributed by atoms with van der Waals surface area (Å²) in [5.41, 5.74) is 3.19. The van der Waals surface area contributed by atoms with Gasteiger partial charge in [-0.15, -0.1) is 0 Å². The van der Waals surface area contributed by atoms with Crippen molar-refractivity contribution >= 4 is 17.5 Å². The molecule has 6 heteroatoms. The molecule has 27 heavy (non-hydrogen) atoms. The summed E-state index contributed by atoms with van der Waals surface area (Å²) in [6, 6.07) is 15.5. The lowest BCUT2D eigenvalue weighted by molar-refractivity contribution is -0.121. The van der Waals surface area contributed by atoms with Crippen molar-refractivity contribution in [3.05, 3.63) is 70.6 Å². The number of carbonyl (C=O) groups is 1. The second-order valence-corrected chi connectivity index (χ2v) is 6.84. The summed E-state index contributed by atoms with van der Waals surface area (Å²) < 4.78 is 5.24. The lowest BCUT2D eigenvalue weighted by Crippen LogP contribution is -2.26. The van der Waals surface area contributed by atoms with Gasteiger partial charge in [0.25, 0.3) is 0 Å². The highest BCUT2D eigenvalue weighted by Crippen LogP contribution is 2.19. The van der Waals surface area contributed by atoms with E-state index in [1.807, 2.05) is 19.1 Å². The van der Waals surface area contributed by atoms with Crippen LogP contribution in [0.1, 0.15) is 43.3 Å². The zero-order valence-electron chi connectivity index (χ0n) is 15.4. The fourth-order valence-corrected chi connectivity index (χ4v) is 2.86. The molecule has 140 valence electrons. The van der Waals surface area contributed by atoms with E-state index in [1.54, 1.807) is 12.1 Å². The van der Waals surface area contributed by atoms with Gasteiger partial charge in [0.15, 0.2) is 0 Å². The van der Waals surface area contributed by atoms with E-state index in [0.717, 1.165) is 17.5 Å². The number of rotatable bonds is 7. The van der Waals surface area contributed by atoms with Gasteiger partial charge in [0.05, 0.1) is 6.04 Å². The van der Waals surface area contributed by atoms with E-state index < -0.39 is 0 Å². The first-order valence-electron chi connectivity index (χ1n) is 9.02. The number of amides is 1. The number of carbonyl (C=O) groups excluding carboxylic acids is 1. The highest BCUT2D eigenvalue weighted by Gasteiger charge is 2.13. The number of aromatic nitrogens is 2. The molecule has 0 aliphatic carbocycles. The summed E-state index contributed by atoms with van der Waals surface area (Å²) in [5.74, 6) is 0.884. The highest BCUT2D eigenvalue weighted by atomic mass is 35.5. The number of nitrogens with zero attached hydrogens (tertiary/aromatic N) is 2. The molecule has 0 saturated carbocycles. The van der Waals surface area contributed by atoms with E-state index >= 15 is 0 Å².